The number of rotatable bonds is 6. The second-order valence-corrected chi connectivity index (χ2v) is 6.60. The maximum atomic E-state index is 3.66. The minimum absolute atomic E-state index is 0.773. The molecule has 2 rings (SSSR count). The first kappa shape index (κ1) is 16.3. The van der Waals surface area contributed by atoms with Crippen LogP contribution in [0, 0.1) is 5.92 Å². The summed E-state index contributed by atoms with van der Waals surface area (Å²) in [5.74, 6) is 0.864. The number of likely N-dealkylation sites (tertiary alicyclic amines) is 1. The van der Waals surface area contributed by atoms with Crippen LogP contribution in [0.4, 0.5) is 0 Å². The molecule has 0 aromatic carbocycles. The summed E-state index contributed by atoms with van der Waals surface area (Å²) in [6, 6.07) is 1.61. The summed E-state index contributed by atoms with van der Waals surface area (Å²) in [6.45, 7) is 14.4. The Morgan fingerprint density at radius 3 is 2.60 bits per heavy atom. The molecular formula is C17H35N3. The first-order valence-corrected chi connectivity index (χ1v) is 8.98. The van der Waals surface area contributed by atoms with E-state index in [2.05, 4.69) is 35.9 Å². The van der Waals surface area contributed by atoms with E-state index in [9.17, 15) is 0 Å². The van der Waals surface area contributed by atoms with E-state index in [1.54, 1.807) is 0 Å². The van der Waals surface area contributed by atoms with Crippen LogP contribution in [0.3, 0.4) is 0 Å². The number of nitrogens with one attached hydrogen (secondary N) is 1. The lowest BCUT2D eigenvalue weighted by Crippen LogP contribution is -2.58. The van der Waals surface area contributed by atoms with Gasteiger partial charge in [-0.15, -0.1) is 0 Å². The number of hydrogen-bond acceptors (Lipinski definition) is 3. The van der Waals surface area contributed by atoms with Crippen molar-refractivity contribution >= 4 is 0 Å². The molecule has 2 heterocycles. The topological polar surface area (TPSA) is 18.5 Å². The molecule has 1 N–H and O–H groups in total. The van der Waals surface area contributed by atoms with Crippen LogP contribution in [-0.4, -0.2) is 61.2 Å². The Bertz CT molecular complexity index is 265. The normalized spacial score (nSPS) is 32.7. The first-order valence-electron chi connectivity index (χ1n) is 8.98. The van der Waals surface area contributed by atoms with E-state index in [-0.39, 0.29) is 0 Å². The van der Waals surface area contributed by atoms with Gasteiger partial charge in [-0.1, -0.05) is 27.2 Å². The van der Waals surface area contributed by atoms with Gasteiger partial charge < -0.3 is 10.2 Å². The molecule has 3 nitrogen and oxygen atoms in total. The van der Waals surface area contributed by atoms with Crippen LogP contribution in [0.1, 0.15) is 52.9 Å². The van der Waals surface area contributed by atoms with Gasteiger partial charge in [0.1, 0.15) is 0 Å². The lowest BCUT2D eigenvalue weighted by molar-refractivity contribution is 0.0322. The van der Waals surface area contributed by atoms with Gasteiger partial charge >= 0.3 is 0 Å². The fourth-order valence-electron chi connectivity index (χ4n) is 4.21. The van der Waals surface area contributed by atoms with Crippen LogP contribution in [0.5, 0.6) is 0 Å². The molecule has 2 saturated heterocycles. The van der Waals surface area contributed by atoms with E-state index in [4.69, 9.17) is 0 Å². The lowest BCUT2D eigenvalue weighted by atomic mass is 9.87. The van der Waals surface area contributed by atoms with Gasteiger partial charge in [0.05, 0.1) is 0 Å². The molecule has 3 heteroatoms. The van der Waals surface area contributed by atoms with E-state index in [1.165, 1.54) is 71.4 Å². The van der Waals surface area contributed by atoms with Crippen LogP contribution in [-0.2, 0) is 0 Å². The molecule has 3 atom stereocenters. The number of nitrogens with zero attached hydrogens (tertiary/aromatic N) is 2. The highest BCUT2D eigenvalue weighted by molar-refractivity contribution is 4.91. The lowest BCUT2D eigenvalue weighted by Gasteiger charge is -2.47. The van der Waals surface area contributed by atoms with Gasteiger partial charge in [0.2, 0.25) is 0 Å². The van der Waals surface area contributed by atoms with Crippen molar-refractivity contribution in [3.63, 3.8) is 0 Å². The SMILES string of the molecule is CCC1CCCCN1C1CNCCC1CN(CC)CC. The summed E-state index contributed by atoms with van der Waals surface area (Å²) in [4.78, 5) is 5.48. The molecule has 0 saturated carbocycles. The predicted molar refractivity (Wildman–Crippen MR) is 87.2 cm³/mol. The summed E-state index contributed by atoms with van der Waals surface area (Å²) in [7, 11) is 0. The predicted octanol–water partition coefficient (Wildman–Crippen LogP) is 2.57. The quantitative estimate of drug-likeness (QED) is 0.807. The third kappa shape index (κ3) is 3.96. The van der Waals surface area contributed by atoms with E-state index in [0.29, 0.717) is 0 Å². The van der Waals surface area contributed by atoms with Crippen molar-refractivity contribution in [1.82, 2.24) is 15.1 Å². The standard InChI is InChI=1S/C17H35N3/c1-4-16-9-7-8-12-20(16)17-13-18-11-10-15(17)14-19(5-2)6-3/h15-18H,4-14H2,1-3H3. The smallest absolute Gasteiger partial charge is 0.0264 e. The second-order valence-electron chi connectivity index (χ2n) is 6.60. The summed E-state index contributed by atoms with van der Waals surface area (Å²) < 4.78 is 0. The zero-order valence-electron chi connectivity index (χ0n) is 13.9. The second kappa shape index (κ2) is 8.35. The van der Waals surface area contributed by atoms with E-state index in [1.807, 2.05) is 0 Å². The van der Waals surface area contributed by atoms with Gasteiger partial charge in [0, 0.05) is 25.2 Å². The largest absolute Gasteiger partial charge is 0.315 e. The Balaban J connectivity index is 2.01. The van der Waals surface area contributed by atoms with Gasteiger partial charge in [-0.05, 0) is 57.8 Å². The van der Waals surface area contributed by atoms with Crippen LogP contribution >= 0.6 is 0 Å². The van der Waals surface area contributed by atoms with Crippen molar-refractivity contribution < 1.29 is 0 Å². The molecule has 2 fully saturated rings. The Kier molecular flexibility index (Phi) is 6.79. The van der Waals surface area contributed by atoms with E-state index < -0.39 is 0 Å². The average Bonchev–Trinajstić information content (AvgIpc) is 2.53. The molecule has 0 radical (unpaired) electrons. The fourth-order valence-corrected chi connectivity index (χ4v) is 4.21. The van der Waals surface area contributed by atoms with Gasteiger partial charge in [-0.3, -0.25) is 4.90 Å². The zero-order chi connectivity index (χ0) is 14.4. The Labute approximate surface area is 126 Å². The molecule has 0 spiro atoms. The van der Waals surface area contributed by atoms with Crippen LogP contribution in [0.25, 0.3) is 0 Å². The van der Waals surface area contributed by atoms with E-state index >= 15 is 0 Å². The van der Waals surface area contributed by atoms with Crippen molar-refractivity contribution in [1.29, 1.82) is 0 Å². The van der Waals surface area contributed by atoms with Crippen molar-refractivity contribution in [3.8, 4) is 0 Å². The molecule has 0 amide bonds. The van der Waals surface area contributed by atoms with Gasteiger partial charge in [0.25, 0.3) is 0 Å². The molecule has 2 aliphatic heterocycles. The monoisotopic (exact) mass is 281 g/mol. The fraction of sp³-hybridized carbons (Fsp3) is 1.00. The summed E-state index contributed by atoms with van der Waals surface area (Å²) in [5, 5.41) is 3.66. The minimum Gasteiger partial charge on any atom is -0.315 e. The maximum absolute atomic E-state index is 3.66. The molecule has 118 valence electrons. The Morgan fingerprint density at radius 1 is 1.10 bits per heavy atom. The molecule has 0 bridgehead atoms. The molecular weight excluding hydrogens is 246 g/mol. The van der Waals surface area contributed by atoms with Crippen molar-refractivity contribution in [2.24, 2.45) is 5.92 Å². The summed E-state index contributed by atoms with van der Waals surface area (Å²) >= 11 is 0. The molecule has 0 aromatic heterocycles. The van der Waals surface area contributed by atoms with E-state index in [0.717, 1.165) is 18.0 Å². The number of hydrogen-bond donors (Lipinski definition) is 1. The van der Waals surface area contributed by atoms with Gasteiger partial charge in [0.15, 0.2) is 0 Å². The summed E-state index contributed by atoms with van der Waals surface area (Å²) in [6.07, 6.45) is 6.95. The Hall–Kier alpha value is -0.120. The first-order chi connectivity index (χ1) is 9.80. The average molecular weight is 281 g/mol. The minimum atomic E-state index is 0.773. The highest BCUT2D eigenvalue weighted by Gasteiger charge is 2.34. The maximum Gasteiger partial charge on any atom is 0.0264 e. The molecule has 3 unspecified atom stereocenters. The van der Waals surface area contributed by atoms with Crippen molar-refractivity contribution in [3.05, 3.63) is 0 Å². The zero-order valence-corrected chi connectivity index (χ0v) is 13.9. The van der Waals surface area contributed by atoms with Crippen LogP contribution < -0.4 is 5.32 Å². The van der Waals surface area contributed by atoms with Gasteiger partial charge in [-0.25, -0.2) is 0 Å². The van der Waals surface area contributed by atoms with Crippen molar-refractivity contribution in [2.75, 3.05) is 39.3 Å². The van der Waals surface area contributed by atoms with Gasteiger partial charge in [-0.2, -0.15) is 0 Å². The third-order valence-electron chi connectivity index (χ3n) is 5.55. The highest BCUT2D eigenvalue weighted by Crippen LogP contribution is 2.28. The van der Waals surface area contributed by atoms with Crippen LogP contribution in [0.15, 0.2) is 0 Å². The summed E-state index contributed by atoms with van der Waals surface area (Å²) in [5.41, 5.74) is 0. The number of piperidine rings is 2. The molecule has 20 heavy (non-hydrogen) atoms. The Morgan fingerprint density at radius 2 is 1.90 bits per heavy atom. The molecule has 0 aliphatic carbocycles. The third-order valence-corrected chi connectivity index (χ3v) is 5.55. The highest BCUT2D eigenvalue weighted by atomic mass is 15.2. The van der Waals surface area contributed by atoms with Crippen molar-refractivity contribution in [2.45, 2.75) is 65.0 Å². The molecule has 0 aromatic rings. The van der Waals surface area contributed by atoms with Crippen LogP contribution in [0.2, 0.25) is 0 Å². The molecule has 2 aliphatic rings.